The van der Waals surface area contributed by atoms with Crippen molar-refractivity contribution in [3.63, 3.8) is 0 Å². The second-order valence-corrected chi connectivity index (χ2v) is 3.14. The molecule has 70 valence electrons. The molecule has 0 aliphatic carbocycles. The fourth-order valence-electron chi connectivity index (χ4n) is 1.56. The third-order valence-corrected chi connectivity index (χ3v) is 2.33. The second-order valence-electron chi connectivity index (χ2n) is 3.14. The van der Waals surface area contributed by atoms with Crippen molar-refractivity contribution in [3.05, 3.63) is 17.5 Å². The summed E-state index contributed by atoms with van der Waals surface area (Å²) < 4.78 is 0. The monoisotopic (exact) mass is 180 g/mol. The van der Waals surface area contributed by atoms with Gasteiger partial charge in [-0.2, -0.15) is 5.10 Å². The highest BCUT2D eigenvalue weighted by atomic mass is 16.2. The Morgan fingerprint density at radius 3 is 3.38 bits per heavy atom. The summed E-state index contributed by atoms with van der Waals surface area (Å²) in [5.41, 5.74) is 7.53. The quantitative estimate of drug-likeness (QED) is 0.597. The van der Waals surface area contributed by atoms with Gasteiger partial charge in [0.25, 0.3) is 0 Å². The molecule has 0 fully saturated rings. The van der Waals surface area contributed by atoms with Gasteiger partial charge in [0.15, 0.2) is 0 Å². The lowest BCUT2D eigenvalue weighted by atomic mass is 10.1. The van der Waals surface area contributed by atoms with E-state index < -0.39 is 0 Å². The largest absolute Gasteiger partial charge is 0.335 e. The first kappa shape index (κ1) is 8.25. The minimum atomic E-state index is 0.000231. The smallest absolute Gasteiger partial charge is 0.236 e. The van der Waals surface area contributed by atoms with Gasteiger partial charge in [-0.25, -0.2) is 0 Å². The van der Waals surface area contributed by atoms with Crippen LogP contribution in [0.4, 0.5) is 0 Å². The molecule has 1 aromatic rings. The van der Waals surface area contributed by atoms with E-state index in [1.54, 1.807) is 4.90 Å². The van der Waals surface area contributed by atoms with Crippen LogP contribution in [0.25, 0.3) is 0 Å². The molecule has 1 aromatic heterocycles. The Hall–Kier alpha value is -1.36. The van der Waals surface area contributed by atoms with Gasteiger partial charge in [0.1, 0.15) is 0 Å². The molecule has 0 aromatic carbocycles. The Morgan fingerprint density at radius 2 is 2.62 bits per heavy atom. The predicted molar refractivity (Wildman–Crippen MR) is 46.8 cm³/mol. The van der Waals surface area contributed by atoms with Crippen molar-refractivity contribution in [2.24, 2.45) is 5.73 Å². The average Bonchev–Trinajstić information content (AvgIpc) is 2.63. The highest BCUT2D eigenvalue weighted by Gasteiger charge is 2.20. The molecule has 0 spiro atoms. The number of fused-ring (bicyclic) bond motifs is 1. The van der Waals surface area contributed by atoms with Crippen molar-refractivity contribution >= 4 is 5.91 Å². The van der Waals surface area contributed by atoms with Crippen LogP contribution in [0.5, 0.6) is 0 Å². The molecule has 13 heavy (non-hydrogen) atoms. The fraction of sp³-hybridized carbons (Fsp3) is 0.500. The minimum absolute atomic E-state index is 0.000231. The molecule has 0 radical (unpaired) electrons. The molecular formula is C8H12N4O. The molecule has 1 aliphatic rings. The number of carbonyl (C=O) groups excluding carboxylic acids is 1. The zero-order valence-corrected chi connectivity index (χ0v) is 7.29. The Bertz CT molecular complexity index is 320. The standard InChI is InChI=1S/C8H12N4O/c9-3-8(13)12-2-1-6-4-10-11-7(6)5-12/h4H,1-3,5,9H2,(H,10,11). The summed E-state index contributed by atoms with van der Waals surface area (Å²) in [5.74, 6) is 0.000231. The highest BCUT2D eigenvalue weighted by molar-refractivity contribution is 5.78. The molecule has 1 aliphatic heterocycles. The van der Waals surface area contributed by atoms with Gasteiger partial charge in [-0.1, -0.05) is 0 Å². The average molecular weight is 180 g/mol. The lowest BCUT2D eigenvalue weighted by Crippen LogP contribution is -2.39. The Labute approximate surface area is 75.9 Å². The van der Waals surface area contributed by atoms with Gasteiger partial charge in [-0.05, 0) is 12.0 Å². The molecule has 5 nitrogen and oxygen atoms in total. The molecule has 1 amide bonds. The number of nitrogens with one attached hydrogen (secondary N) is 1. The normalized spacial score (nSPS) is 15.6. The second kappa shape index (κ2) is 3.18. The summed E-state index contributed by atoms with van der Waals surface area (Å²) in [5, 5.41) is 6.81. The Kier molecular flexibility index (Phi) is 2.02. The SMILES string of the molecule is NCC(=O)N1CCc2cn[nH]c2C1. The van der Waals surface area contributed by atoms with Gasteiger partial charge in [0.05, 0.1) is 25.0 Å². The van der Waals surface area contributed by atoms with Crippen LogP contribution in [0.15, 0.2) is 6.20 Å². The summed E-state index contributed by atoms with van der Waals surface area (Å²) in [6, 6.07) is 0. The maximum atomic E-state index is 11.3. The Balaban J connectivity index is 2.13. The summed E-state index contributed by atoms with van der Waals surface area (Å²) >= 11 is 0. The molecule has 3 N–H and O–H groups in total. The zero-order valence-electron chi connectivity index (χ0n) is 7.29. The molecule has 0 unspecified atom stereocenters. The number of H-pyrrole nitrogens is 1. The van der Waals surface area contributed by atoms with Crippen molar-refractivity contribution in [2.75, 3.05) is 13.1 Å². The van der Waals surface area contributed by atoms with E-state index in [0.29, 0.717) is 6.54 Å². The third kappa shape index (κ3) is 1.42. The summed E-state index contributed by atoms with van der Waals surface area (Å²) in [6.07, 6.45) is 2.69. The van der Waals surface area contributed by atoms with E-state index in [1.165, 1.54) is 5.56 Å². The summed E-state index contributed by atoms with van der Waals surface area (Å²) in [7, 11) is 0. The van der Waals surface area contributed by atoms with E-state index in [9.17, 15) is 4.79 Å². The van der Waals surface area contributed by atoms with Gasteiger partial charge >= 0.3 is 0 Å². The van der Waals surface area contributed by atoms with Gasteiger partial charge in [0.2, 0.25) is 5.91 Å². The summed E-state index contributed by atoms with van der Waals surface area (Å²) in [4.78, 5) is 13.0. The van der Waals surface area contributed by atoms with Crippen LogP contribution in [-0.2, 0) is 17.8 Å². The van der Waals surface area contributed by atoms with E-state index >= 15 is 0 Å². The molecule has 5 heteroatoms. The van der Waals surface area contributed by atoms with Crippen molar-refractivity contribution in [1.29, 1.82) is 0 Å². The van der Waals surface area contributed by atoms with Gasteiger partial charge < -0.3 is 10.6 Å². The molecule has 0 bridgehead atoms. The number of amides is 1. The molecule has 0 atom stereocenters. The first-order chi connectivity index (χ1) is 6.31. The van der Waals surface area contributed by atoms with Crippen molar-refractivity contribution in [2.45, 2.75) is 13.0 Å². The number of rotatable bonds is 1. The van der Waals surface area contributed by atoms with E-state index in [-0.39, 0.29) is 12.5 Å². The maximum Gasteiger partial charge on any atom is 0.236 e. The van der Waals surface area contributed by atoms with E-state index in [0.717, 1.165) is 18.7 Å². The van der Waals surface area contributed by atoms with Crippen molar-refractivity contribution in [3.8, 4) is 0 Å². The first-order valence-electron chi connectivity index (χ1n) is 4.30. The number of carbonyl (C=O) groups is 1. The van der Waals surface area contributed by atoms with E-state index in [1.807, 2.05) is 6.20 Å². The van der Waals surface area contributed by atoms with Gasteiger partial charge in [0, 0.05) is 6.54 Å². The zero-order chi connectivity index (χ0) is 9.26. The maximum absolute atomic E-state index is 11.3. The lowest BCUT2D eigenvalue weighted by Gasteiger charge is -2.25. The topological polar surface area (TPSA) is 75.0 Å². The molecular weight excluding hydrogens is 168 g/mol. The van der Waals surface area contributed by atoms with E-state index in [2.05, 4.69) is 10.2 Å². The van der Waals surface area contributed by atoms with Gasteiger partial charge in [-0.15, -0.1) is 0 Å². The minimum Gasteiger partial charge on any atom is -0.335 e. The number of aromatic amines is 1. The first-order valence-corrected chi connectivity index (χ1v) is 4.30. The Morgan fingerprint density at radius 1 is 1.77 bits per heavy atom. The fourth-order valence-corrected chi connectivity index (χ4v) is 1.56. The van der Waals surface area contributed by atoms with Crippen LogP contribution < -0.4 is 5.73 Å². The molecule has 0 saturated carbocycles. The molecule has 2 rings (SSSR count). The van der Waals surface area contributed by atoms with E-state index in [4.69, 9.17) is 5.73 Å². The molecule has 0 saturated heterocycles. The van der Waals surface area contributed by atoms with Crippen LogP contribution in [0.2, 0.25) is 0 Å². The van der Waals surface area contributed by atoms with Crippen LogP contribution in [0, 0.1) is 0 Å². The van der Waals surface area contributed by atoms with Crippen LogP contribution in [-0.4, -0.2) is 34.1 Å². The lowest BCUT2D eigenvalue weighted by molar-refractivity contribution is -0.130. The summed E-state index contributed by atoms with van der Waals surface area (Å²) in [6.45, 7) is 1.46. The van der Waals surface area contributed by atoms with Crippen LogP contribution in [0.1, 0.15) is 11.3 Å². The van der Waals surface area contributed by atoms with Crippen LogP contribution >= 0.6 is 0 Å². The third-order valence-electron chi connectivity index (χ3n) is 2.33. The number of hydrogen-bond acceptors (Lipinski definition) is 3. The highest BCUT2D eigenvalue weighted by Crippen LogP contribution is 2.15. The van der Waals surface area contributed by atoms with Gasteiger partial charge in [-0.3, -0.25) is 9.89 Å². The van der Waals surface area contributed by atoms with Crippen molar-refractivity contribution < 1.29 is 4.79 Å². The van der Waals surface area contributed by atoms with Crippen LogP contribution in [0.3, 0.4) is 0 Å². The number of nitrogens with two attached hydrogens (primary N) is 1. The number of aromatic nitrogens is 2. The van der Waals surface area contributed by atoms with Crippen molar-refractivity contribution in [1.82, 2.24) is 15.1 Å². The molecule has 2 heterocycles. The number of hydrogen-bond donors (Lipinski definition) is 2. The predicted octanol–water partition coefficient (Wildman–Crippen LogP) is -0.747. The number of nitrogens with zero attached hydrogens (tertiary/aromatic N) is 2.